The van der Waals surface area contributed by atoms with Crippen molar-refractivity contribution in [1.29, 1.82) is 0 Å². The van der Waals surface area contributed by atoms with Gasteiger partial charge in [-0.3, -0.25) is 14.7 Å². The standard InChI is InChI=1S/C25H31N3O3S/c1-8-31-24(30)19-9-11-21(12-10-19)28-17(6)13-20(18(28)7)14-22-23(29)27(16(4)5)25(32-22)26-15(2)3/h9-16H,8H2,1-7H3/b22-14+,26-25?. The summed E-state index contributed by atoms with van der Waals surface area (Å²) in [6, 6.07) is 9.61. The number of carbonyl (C=O) groups excluding carboxylic acids is 2. The van der Waals surface area contributed by atoms with Gasteiger partial charge in [-0.1, -0.05) is 0 Å². The van der Waals surface area contributed by atoms with Crippen LogP contribution in [0, 0.1) is 13.8 Å². The number of aryl methyl sites for hydroxylation is 1. The van der Waals surface area contributed by atoms with Gasteiger partial charge in [-0.2, -0.15) is 0 Å². The molecule has 1 aliphatic rings. The van der Waals surface area contributed by atoms with E-state index in [1.165, 1.54) is 11.8 Å². The molecule has 3 rings (SSSR count). The Kier molecular flexibility index (Phi) is 7.29. The number of aromatic nitrogens is 1. The maximum absolute atomic E-state index is 13.1. The molecule has 0 bridgehead atoms. The molecule has 1 aliphatic heterocycles. The van der Waals surface area contributed by atoms with Gasteiger partial charge in [0.2, 0.25) is 0 Å². The van der Waals surface area contributed by atoms with Crippen molar-refractivity contribution in [2.45, 2.75) is 60.5 Å². The fourth-order valence-electron chi connectivity index (χ4n) is 3.69. The zero-order chi connectivity index (χ0) is 23.6. The van der Waals surface area contributed by atoms with Crippen LogP contribution in [0.2, 0.25) is 0 Å². The molecule has 2 aromatic rings. The van der Waals surface area contributed by atoms with Crippen LogP contribution in [0.3, 0.4) is 0 Å². The second-order valence-electron chi connectivity index (χ2n) is 8.31. The molecule has 170 valence electrons. The summed E-state index contributed by atoms with van der Waals surface area (Å²) in [6.45, 7) is 14.2. The van der Waals surface area contributed by atoms with Gasteiger partial charge in [0, 0.05) is 29.2 Å². The Morgan fingerprint density at radius 3 is 2.38 bits per heavy atom. The van der Waals surface area contributed by atoms with Crippen molar-refractivity contribution in [1.82, 2.24) is 9.47 Å². The van der Waals surface area contributed by atoms with E-state index in [0.29, 0.717) is 17.1 Å². The number of ether oxygens (including phenoxy) is 1. The number of benzene rings is 1. The number of carbonyl (C=O) groups is 2. The first kappa shape index (κ1) is 23.9. The Morgan fingerprint density at radius 2 is 1.81 bits per heavy atom. The Hall–Kier alpha value is -2.80. The van der Waals surface area contributed by atoms with E-state index in [1.54, 1.807) is 24.0 Å². The fraction of sp³-hybridized carbons (Fsp3) is 0.400. The van der Waals surface area contributed by atoms with Gasteiger partial charge in [-0.05, 0) is 102 Å². The van der Waals surface area contributed by atoms with Crippen LogP contribution < -0.4 is 0 Å². The van der Waals surface area contributed by atoms with Gasteiger partial charge in [0.1, 0.15) is 0 Å². The van der Waals surface area contributed by atoms with E-state index in [2.05, 4.69) is 15.6 Å². The van der Waals surface area contributed by atoms with Gasteiger partial charge in [0.15, 0.2) is 5.17 Å². The SMILES string of the molecule is CCOC(=O)c1ccc(-n2c(C)cc(/C=C3/SC(=NC(C)C)N(C(C)C)C3=O)c2C)cc1. The van der Waals surface area contributed by atoms with Crippen molar-refractivity contribution in [3.05, 3.63) is 57.8 Å². The minimum atomic E-state index is -0.323. The molecule has 0 aliphatic carbocycles. The molecule has 0 saturated carbocycles. The van der Waals surface area contributed by atoms with Crippen molar-refractivity contribution in [2.75, 3.05) is 6.61 Å². The molecular weight excluding hydrogens is 422 g/mol. The van der Waals surface area contributed by atoms with E-state index in [4.69, 9.17) is 4.74 Å². The number of hydrogen-bond acceptors (Lipinski definition) is 5. The highest BCUT2D eigenvalue weighted by atomic mass is 32.2. The summed E-state index contributed by atoms with van der Waals surface area (Å²) in [5.74, 6) is -0.330. The quantitative estimate of drug-likeness (QED) is 0.436. The smallest absolute Gasteiger partial charge is 0.338 e. The van der Waals surface area contributed by atoms with E-state index in [0.717, 1.165) is 27.8 Å². The number of esters is 1. The third-order valence-corrected chi connectivity index (χ3v) is 6.11. The minimum Gasteiger partial charge on any atom is -0.462 e. The molecule has 2 heterocycles. The molecule has 1 amide bonds. The molecule has 1 aromatic carbocycles. The molecular formula is C25H31N3O3S. The van der Waals surface area contributed by atoms with E-state index in [9.17, 15) is 9.59 Å². The molecule has 7 heteroatoms. The van der Waals surface area contributed by atoms with Crippen molar-refractivity contribution >= 4 is 34.9 Å². The van der Waals surface area contributed by atoms with Crippen LogP contribution in [-0.2, 0) is 9.53 Å². The average molecular weight is 454 g/mol. The zero-order valence-corrected chi connectivity index (χ0v) is 20.6. The summed E-state index contributed by atoms with van der Waals surface area (Å²) in [5, 5.41) is 0.759. The molecule has 32 heavy (non-hydrogen) atoms. The largest absolute Gasteiger partial charge is 0.462 e. The molecule has 0 N–H and O–H groups in total. The van der Waals surface area contributed by atoms with E-state index < -0.39 is 0 Å². The monoisotopic (exact) mass is 453 g/mol. The molecule has 1 aromatic heterocycles. The fourth-order valence-corrected chi connectivity index (χ4v) is 4.91. The lowest BCUT2D eigenvalue weighted by Crippen LogP contribution is -2.35. The summed E-state index contributed by atoms with van der Waals surface area (Å²) < 4.78 is 7.19. The summed E-state index contributed by atoms with van der Waals surface area (Å²) in [7, 11) is 0. The second-order valence-corrected chi connectivity index (χ2v) is 9.32. The van der Waals surface area contributed by atoms with Gasteiger partial charge in [0.05, 0.1) is 17.1 Å². The van der Waals surface area contributed by atoms with Gasteiger partial charge in [0.25, 0.3) is 5.91 Å². The van der Waals surface area contributed by atoms with Gasteiger partial charge < -0.3 is 9.30 Å². The first-order chi connectivity index (χ1) is 15.1. The highest BCUT2D eigenvalue weighted by Crippen LogP contribution is 2.35. The van der Waals surface area contributed by atoms with Crippen LogP contribution >= 0.6 is 11.8 Å². The number of aliphatic imine (C=N–C) groups is 1. The van der Waals surface area contributed by atoms with Crippen LogP contribution in [0.1, 0.15) is 61.9 Å². The molecule has 1 fully saturated rings. The Morgan fingerprint density at radius 1 is 1.16 bits per heavy atom. The first-order valence-electron chi connectivity index (χ1n) is 10.9. The highest BCUT2D eigenvalue weighted by Gasteiger charge is 2.35. The lowest BCUT2D eigenvalue weighted by molar-refractivity contribution is -0.123. The molecule has 6 nitrogen and oxygen atoms in total. The van der Waals surface area contributed by atoms with E-state index >= 15 is 0 Å². The summed E-state index contributed by atoms with van der Waals surface area (Å²) in [6.07, 6.45) is 1.96. The van der Waals surface area contributed by atoms with Crippen LogP contribution in [0.25, 0.3) is 11.8 Å². The number of thioether (sulfide) groups is 1. The summed E-state index contributed by atoms with van der Waals surface area (Å²) in [4.78, 5) is 32.1. The minimum absolute atomic E-state index is 0.00649. The summed E-state index contributed by atoms with van der Waals surface area (Å²) in [5.41, 5.74) is 4.54. The number of amidine groups is 1. The number of hydrogen-bond donors (Lipinski definition) is 0. The van der Waals surface area contributed by atoms with Crippen LogP contribution in [0.4, 0.5) is 0 Å². The van der Waals surface area contributed by atoms with Crippen LogP contribution in [-0.4, -0.2) is 45.2 Å². The third kappa shape index (κ3) is 4.83. The van der Waals surface area contributed by atoms with Gasteiger partial charge >= 0.3 is 5.97 Å². The maximum atomic E-state index is 13.1. The van der Waals surface area contributed by atoms with Crippen molar-refractivity contribution in [3.8, 4) is 5.69 Å². The number of amides is 1. The van der Waals surface area contributed by atoms with Crippen molar-refractivity contribution in [3.63, 3.8) is 0 Å². The Bertz CT molecular complexity index is 1080. The van der Waals surface area contributed by atoms with Crippen molar-refractivity contribution < 1.29 is 14.3 Å². The third-order valence-electron chi connectivity index (χ3n) is 5.12. The normalized spacial score (nSPS) is 16.8. The molecule has 0 radical (unpaired) electrons. The van der Waals surface area contributed by atoms with Crippen LogP contribution in [0.5, 0.6) is 0 Å². The second kappa shape index (κ2) is 9.77. The lowest BCUT2D eigenvalue weighted by atomic mass is 10.2. The molecule has 1 saturated heterocycles. The van der Waals surface area contributed by atoms with Crippen molar-refractivity contribution in [2.24, 2.45) is 4.99 Å². The van der Waals surface area contributed by atoms with Gasteiger partial charge in [-0.15, -0.1) is 0 Å². The van der Waals surface area contributed by atoms with Crippen LogP contribution in [0.15, 0.2) is 40.2 Å². The topological polar surface area (TPSA) is 63.9 Å². The van der Waals surface area contributed by atoms with E-state index in [-0.39, 0.29) is 24.0 Å². The number of rotatable bonds is 6. The average Bonchev–Trinajstić information content (AvgIpc) is 3.17. The molecule has 0 atom stereocenters. The zero-order valence-electron chi connectivity index (χ0n) is 19.8. The predicted molar refractivity (Wildman–Crippen MR) is 131 cm³/mol. The lowest BCUT2D eigenvalue weighted by Gasteiger charge is -2.20. The Balaban J connectivity index is 1.95. The predicted octanol–water partition coefficient (Wildman–Crippen LogP) is 5.36. The van der Waals surface area contributed by atoms with E-state index in [1.807, 2.05) is 59.8 Å². The maximum Gasteiger partial charge on any atom is 0.338 e. The first-order valence-corrected chi connectivity index (χ1v) is 11.7. The van der Waals surface area contributed by atoms with Gasteiger partial charge in [-0.25, -0.2) is 4.79 Å². The Labute approximate surface area is 194 Å². The summed E-state index contributed by atoms with van der Waals surface area (Å²) >= 11 is 1.43. The highest BCUT2D eigenvalue weighted by molar-refractivity contribution is 8.18. The number of nitrogens with zero attached hydrogens (tertiary/aromatic N) is 3. The molecule has 0 spiro atoms. The molecule has 0 unspecified atom stereocenters.